The van der Waals surface area contributed by atoms with Crippen molar-refractivity contribution in [2.75, 3.05) is 0 Å². The Morgan fingerprint density at radius 2 is 2.20 bits per heavy atom. The van der Waals surface area contributed by atoms with Crippen LogP contribution in [-0.2, 0) is 11.3 Å². The maximum atomic E-state index is 11.5. The molecule has 3 rings (SSSR count). The highest BCUT2D eigenvalue weighted by molar-refractivity contribution is 5.81. The van der Waals surface area contributed by atoms with Crippen molar-refractivity contribution in [1.82, 2.24) is 14.5 Å². The first kappa shape index (κ1) is 8.10. The zero-order valence-electron chi connectivity index (χ0n) is 7.61. The summed E-state index contributed by atoms with van der Waals surface area (Å²) in [5.74, 6) is 0. The summed E-state index contributed by atoms with van der Waals surface area (Å²) in [6, 6.07) is 0. The van der Waals surface area contributed by atoms with Crippen molar-refractivity contribution in [3.05, 3.63) is 39.0 Å². The van der Waals surface area contributed by atoms with Gasteiger partial charge in [0.05, 0.1) is 16.6 Å². The van der Waals surface area contributed by atoms with Crippen LogP contribution in [0.2, 0.25) is 0 Å². The molecule has 0 spiro atoms. The molecule has 76 valence electrons. The van der Waals surface area contributed by atoms with Crippen LogP contribution in [0.15, 0.2) is 22.0 Å². The summed E-state index contributed by atoms with van der Waals surface area (Å²) in [7, 11) is 0. The molecule has 1 aliphatic heterocycles. The summed E-state index contributed by atoms with van der Waals surface area (Å²) in [5, 5.41) is 0.458. The standard InChI is InChI=1S/C9H7N3O3/c13-8-5-3-12-1-2-15-4-6(12)7(5)10-9(14)11-8/h1-3H,4H2,(H2,10,11,13,14). The zero-order chi connectivity index (χ0) is 10.4. The quantitative estimate of drug-likeness (QED) is 0.634. The maximum absolute atomic E-state index is 11.5. The molecule has 6 nitrogen and oxygen atoms in total. The zero-order valence-corrected chi connectivity index (χ0v) is 7.61. The van der Waals surface area contributed by atoms with Gasteiger partial charge in [0, 0.05) is 12.4 Å². The molecule has 0 atom stereocenters. The van der Waals surface area contributed by atoms with E-state index in [4.69, 9.17) is 4.74 Å². The molecule has 0 amide bonds. The van der Waals surface area contributed by atoms with Crippen LogP contribution in [0.1, 0.15) is 5.69 Å². The molecule has 0 aliphatic carbocycles. The molecule has 0 aromatic carbocycles. The number of nitrogens with one attached hydrogen (secondary N) is 2. The third-order valence-electron chi connectivity index (χ3n) is 2.39. The minimum absolute atomic E-state index is 0.347. The molecule has 3 heterocycles. The number of fused-ring (bicyclic) bond motifs is 3. The Morgan fingerprint density at radius 3 is 3.07 bits per heavy atom. The molecule has 6 heteroatoms. The number of ether oxygens (including phenoxy) is 1. The molecular weight excluding hydrogens is 198 g/mol. The average Bonchev–Trinajstić information content (AvgIpc) is 2.57. The molecular formula is C9H7N3O3. The van der Waals surface area contributed by atoms with Gasteiger partial charge in [0.2, 0.25) is 0 Å². The van der Waals surface area contributed by atoms with Gasteiger partial charge in [-0.05, 0) is 0 Å². The second-order valence-electron chi connectivity index (χ2n) is 3.28. The minimum atomic E-state index is -0.504. The lowest BCUT2D eigenvalue weighted by atomic mass is 10.3. The SMILES string of the molecule is O=c1[nH]c(=O)c2cn3c(c2[nH]1)COC=C3. The highest BCUT2D eigenvalue weighted by Gasteiger charge is 2.14. The Balaban J connectivity index is 2.53. The Bertz CT molecular complexity index is 674. The summed E-state index contributed by atoms with van der Waals surface area (Å²) in [4.78, 5) is 27.3. The van der Waals surface area contributed by atoms with Crippen LogP contribution in [0.25, 0.3) is 17.1 Å². The summed E-state index contributed by atoms with van der Waals surface area (Å²) >= 11 is 0. The van der Waals surface area contributed by atoms with Gasteiger partial charge in [-0.1, -0.05) is 0 Å². The number of hydrogen-bond donors (Lipinski definition) is 2. The first-order valence-corrected chi connectivity index (χ1v) is 4.40. The van der Waals surface area contributed by atoms with Crippen molar-refractivity contribution in [2.45, 2.75) is 6.61 Å². The molecule has 2 aromatic rings. The van der Waals surface area contributed by atoms with E-state index in [0.717, 1.165) is 5.69 Å². The van der Waals surface area contributed by atoms with E-state index in [9.17, 15) is 9.59 Å². The van der Waals surface area contributed by atoms with Crippen LogP contribution < -0.4 is 11.2 Å². The molecule has 2 aromatic heterocycles. The lowest BCUT2D eigenvalue weighted by molar-refractivity contribution is 0.226. The molecule has 2 N–H and O–H groups in total. The third kappa shape index (κ3) is 1.04. The number of H-pyrrole nitrogens is 2. The van der Waals surface area contributed by atoms with E-state index in [2.05, 4.69) is 9.97 Å². The van der Waals surface area contributed by atoms with Crippen molar-refractivity contribution >= 4 is 17.1 Å². The Hall–Kier alpha value is -2.24. The second kappa shape index (κ2) is 2.63. The van der Waals surface area contributed by atoms with Crippen LogP contribution in [0, 0.1) is 0 Å². The number of rotatable bonds is 0. The van der Waals surface area contributed by atoms with E-state index < -0.39 is 5.69 Å². The van der Waals surface area contributed by atoms with E-state index in [-0.39, 0.29) is 5.56 Å². The van der Waals surface area contributed by atoms with Crippen LogP contribution in [0.5, 0.6) is 0 Å². The van der Waals surface area contributed by atoms with Crippen molar-refractivity contribution in [1.29, 1.82) is 0 Å². The fourth-order valence-electron chi connectivity index (χ4n) is 1.71. The number of aromatic nitrogens is 3. The van der Waals surface area contributed by atoms with Crippen molar-refractivity contribution in [3.63, 3.8) is 0 Å². The Morgan fingerprint density at radius 1 is 1.33 bits per heavy atom. The van der Waals surface area contributed by atoms with Gasteiger partial charge >= 0.3 is 5.69 Å². The van der Waals surface area contributed by atoms with Crippen molar-refractivity contribution in [3.8, 4) is 0 Å². The van der Waals surface area contributed by atoms with E-state index in [1.807, 2.05) is 0 Å². The maximum Gasteiger partial charge on any atom is 0.326 e. The number of aromatic amines is 2. The fraction of sp³-hybridized carbons (Fsp3) is 0.111. The first-order valence-electron chi connectivity index (χ1n) is 4.40. The molecule has 15 heavy (non-hydrogen) atoms. The minimum Gasteiger partial charge on any atom is -0.493 e. The third-order valence-corrected chi connectivity index (χ3v) is 2.39. The monoisotopic (exact) mass is 205 g/mol. The average molecular weight is 205 g/mol. The molecule has 0 radical (unpaired) electrons. The van der Waals surface area contributed by atoms with Crippen molar-refractivity contribution < 1.29 is 4.74 Å². The molecule has 0 saturated heterocycles. The molecule has 0 saturated carbocycles. The van der Waals surface area contributed by atoms with Gasteiger partial charge in [-0.15, -0.1) is 0 Å². The number of hydrogen-bond acceptors (Lipinski definition) is 3. The Labute approximate surface area is 82.8 Å². The lowest BCUT2D eigenvalue weighted by Gasteiger charge is -2.09. The summed E-state index contributed by atoms with van der Waals surface area (Å²) in [6.07, 6.45) is 4.90. The predicted octanol–water partition coefficient (Wildman–Crippen LogP) is -0.0237. The van der Waals surface area contributed by atoms with Crippen LogP contribution >= 0.6 is 0 Å². The highest BCUT2D eigenvalue weighted by atomic mass is 16.5. The van der Waals surface area contributed by atoms with Crippen LogP contribution in [0.4, 0.5) is 0 Å². The largest absolute Gasteiger partial charge is 0.493 e. The lowest BCUT2D eigenvalue weighted by Crippen LogP contribution is -2.21. The predicted molar refractivity (Wildman–Crippen MR) is 53.3 cm³/mol. The van der Waals surface area contributed by atoms with E-state index in [1.54, 1.807) is 17.0 Å². The highest BCUT2D eigenvalue weighted by Crippen LogP contribution is 2.19. The fourth-order valence-corrected chi connectivity index (χ4v) is 1.71. The van der Waals surface area contributed by atoms with Gasteiger partial charge in [0.1, 0.15) is 12.9 Å². The first-order chi connectivity index (χ1) is 7.25. The summed E-state index contributed by atoms with van der Waals surface area (Å²) < 4.78 is 6.87. The number of nitrogens with zero attached hydrogens (tertiary/aromatic N) is 1. The summed E-state index contributed by atoms with van der Waals surface area (Å²) in [5.41, 5.74) is 0.420. The molecule has 0 fully saturated rings. The Kier molecular flexibility index (Phi) is 1.42. The smallest absolute Gasteiger partial charge is 0.326 e. The van der Waals surface area contributed by atoms with E-state index >= 15 is 0 Å². The van der Waals surface area contributed by atoms with Crippen LogP contribution in [0.3, 0.4) is 0 Å². The summed E-state index contributed by atoms with van der Waals surface area (Å²) in [6.45, 7) is 0.347. The second-order valence-corrected chi connectivity index (χ2v) is 3.28. The van der Waals surface area contributed by atoms with Gasteiger partial charge in [0.15, 0.2) is 0 Å². The molecule has 0 bridgehead atoms. The molecule has 1 aliphatic rings. The van der Waals surface area contributed by atoms with Gasteiger partial charge in [-0.2, -0.15) is 0 Å². The van der Waals surface area contributed by atoms with E-state index in [0.29, 0.717) is 17.5 Å². The van der Waals surface area contributed by atoms with Gasteiger partial charge < -0.3 is 14.3 Å². The van der Waals surface area contributed by atoms with Gasteiger partial charge in [0.25, 0.3) is 5.56 Å². The molecule has 0 unspecified atom stereocenters. The van der Waals surface area contributed by atoms with E-state index in [1.165, 1.54) is 6.26 Å². The van der Waals surface area contributed by atoms with Crippen LogP contribution in [-0.4, -0.2) is 14.5 Å². The normalized spacial score (nSPS) is 13.9. The topological polar surface area (TPSA) is 79.9 Å². The van der Waals surface area contributed by atoms with Crippen molar-refractivity contribution in [2.24, 2.45) is 0 Å². The van der Waals surface area contributed by atoms with Gasteiger partial charge in [-0.3, -0.25) is 9.78 Å². The van der Waals surface area contributed by atoms with Gasteiger partial charge in [-0.25, -0.2) is 4.79 Å².